The van der Waals surface area contributed by atoms with Gasteiger partial charge in [0.25, 0.3) is 0 Å². The molecule has 0 aromatic carbocycles. The zero-order chi connectivity index (χ0) is 17.6. The summed E-state index contributed by atoms with van der Waals surface area (Å²) < 4.78 is 15.0. The Morgan fingerprint density at radius 1 is 0.609 bits per heavy atom. The average molecular weight is 435 g/mol. The van der Waals surface area contributed by atoms with E-state index in [9.17, 15) is 0 Å². The molecule has 0 aliphatic heterocycles. The molecule has 0 aromatic rings. The average Bonchev–Trinajstić information content (AvgIpc) is 2.51. The topological polar surface area (TPSA) is 18.5 Å². The second-order valence-corrected chi connectivity index (χ2v) is 18.7. The van der Waals surface area contributed by atoms with E-state index in [0.29, 0.717) is 0 Å². The summed E-state index contributed by atoms with van der Waals surface area (Å²) >= 11 is -2.71. The third-order valence-electron chi connectivity index (χ3n) is 4.66. The van der Waals surface area contributed by atoms with Crippen molar-refractivity contribution in [2.24, 2.45) is 11.8 Å². The Kier molecular flexibility index (Phi) is 15.5. The van der Waals surface area contributed by atoms with Gasteiger partial charge in [0.15, 0.2) is 0 Å². The molecule has 0 unspecified atom stereocenters. The van der Waals surface area contributed by atoms with Crippen LogP contribution in [0.2, 0.25) is 8.87 Å². The van der Waals surface area contributed by atoms with Crippen molar-refractivity contribution in [1.29, 1.82) is 0 Å². The van der Waals surface area contributed by atoms with E-state index >= 15 is 0 Å². The van der Waals surface area contributed by atoms with Crippen LogP contribution in [-0.2, 0) is 6.15 Å². The van der Waals surface area contributed by atoms with Crippen LogP contribution in [0.4, 0.5) is 0 Å². The summed E-state index contributed by atoms with van der Waals surface area (Å²) in [6.45, 7) is 15.6. The SMILES string of the molecule is C[CH2][Sn]([CH2]C)([O]CCCCCC(C)C)[O]CCCCCC(C)C. The molecule has 23 heavy (non-hydrogen) atoms. The van der Waals surface area contributed by atoms with Crippen molar-refractivity contribution in [2.75, 3.05) is 13.2 Å². The molecule has 0 radical (unpaired) electrons. The third kappa shape index (κ3) is 13.7. The fourth-order valence-electron chi connectivity index (χ4n) is 2.88. The van der Waals surface area contributed by atoms with Crippen molar-refractivity contribution in [3.05, 3.63) is 0 Å². The van der Waals surface area contributed by atoms with Crippen LogP contribution in [-0.4, -0.2) is 32.4 Å². The molecule has 0 heterocycles. The van der Waals surface area contributed by atoms with Gasteiger partial charge in [0.1, 0.15) is 0 Å². The third-order valence-corrected chi connectivity index (χ3v) is 15.0. The molecular formula is C20H44O2Sn. The van der Waals surface area contributed by atoms with Crippen LogP contribution < -0.4 is 0 Å². The monoisotopic (exact) mass is 436 g/mol. The summed E-state index contributed by atoms with van der Waals surface area (Å²) in [5.41, 5.74) is 0. The second kappa shape index (κ2) is 15.0. The second-order valence-electron chi connectivity index (χ2n) is 7.80. The standard InChI is InChI=1S/2C8H17O.2C2H5.Sn/c2*1-8(2)6-4-3-5-7-9;2*1-2;/h2*8H,3-7H2,1-2H3;2*1H2,2H3;/q2*-1;;;+2. The summed E-state index contributed by atoms with van der Waals surface area (Å²) in [4.78, 5) is 0. The van der Waals surface area contributed by atoms with Crippen molar-refractivity contribution in [3.8, 4) is 0 Å². The maximum atomic E-state index is 6.37. The molecule has 0 amide bonds. The van der Waals surface area contributed by atoms with Crippen LogP contribution in [0.5, 0.6) is 0 Å². The fraction of sp³-hybridized carbons (Fsp3) is 1.00. The Morgan fingerprint density at radius 3 is 1.30 bits per heavy atom. The number of hydrogen-bond acceptors (Lipinski definition) is 2. The molecule has 2 nitrogen and oxygen atoms in total. The molecule has 3 heteroatoms. The molecule has 0 fully saturated rings. The van der Waals surface area contributed by atoms with E-state index < -0.39 is 19.2 Å². The van der Waals surface area contributed by atoms with Gasteiger partial charge in [-0.2, -0.15) is 0 Å². The summed E-state index contributed by atoms with van der Waals surface area (Å²) in [7, 11) is 0. The van der Waals surface area contributed by atoms with E-state index in [1.165, 1.54) is 51.4 Å². The Bertz CT molecular complexity index is 228. The predicted molar refractivity (Wildman–Crippen MR) is 105 cm³/mol. The normalized spacial score (nSPS) is 12.5. The van der Waals surface area contributed by atoms with Gasteiger partial charge in [-0.3, -0.25) is 0 Å². The summed E-state index contributed by atoms with van der Waals surface area (Å²) in [5.74, 6) is 1.67. The van der Waals surface area contributed by atoms with Gasteiger partial charge in [-0.25, -0.2) is 0 Å². The molecule has 0 aliphatic carbocycles. The number of rotatable bonds is 16. The summed E-state index contributed by atoms with van der Waals surface area (Å²) in [5, 5.41) is 0. The molecule has 0 saturated carbocycles. The van der Waals surface area contributed by atoms with Crippen molar-refractivity contribution < 1.29 is 6.15 Å². The van der Waals surface area contributed by atoms with E-state index in [1.807, 2.05) is 0 Å². The zero-order valence-electron chi connectivity index (χ0n) is 17.0. The van der Waals surface area contributed by atoms with E-state index in [0.717, 1.165) is 33.9 Å². The van der Waals surface area contributed by atoms with Gasteiger partial charge in [0, 0.05) is 0 Å². The van der Waals surface area contributed by atoms with Crippen molar-refractivity contribution in [2.45, 2.75) is 102 Å². The van der Waals surface area contributed by atoms with E-state index in [1.54, 1.807) is 0 Å². The van der Waals surface area contributed by atoms with Crippen molar-refractivity contribution >= 4 is 19.2 Å². The Morgan fingerprint density at radius 2 is 1.00 bits per heavy atom. The Labute approximate surface area is 152 Å². The van der Waals surface area contributed by atoms with Gasteiger partial charge >= 0.3 is 152 Å². The van der Waals surface area contributed by atoms with Crippen LogP contribution in [0.15, 0.2) is 0 Å². The molecule has 0 aliphatic rings. The Hall–Kier alpha value is 0.719. The molecule has 0 rings (SSSR count). The van der Waals surface area contributed by atoms with Crippen LogP contribution >= 0.6 is 0 Å². The van der Waals surface area contributed by atoms with E-state index in [-0.39, 0.29) is 0 Å². The van der Waals surface area contributed by atoms with Gasteiger partial charge in [0.2, 0.25) is 0 Å². The first-order chi connectivity index (χ1) is 11.0. The molecule has 0 spiro atoms. The Balaban J connectivity index is 3.82. The van der Waals surface area contributed by atoms with Gasteiger partial charge in [-0.05, 0) is 0 Å². The van der Waals surface area contributed by atoms with Gasteiger partial charge in [-0.1, -0.05) is 0 Å². The first-order valence-corrected chi connectivity index (χ1v) is 16.6. The first-order valence-electron chi connectivity index (χ1n) is 10.2. The van der Waals surface area contributed by atoms with E-state index in [2.05, 4.69) is 41.5 Å². The van der Waals surface area contributed by atoms with E-state index in [4.69, 9.17) is 6.15 Å². The molecule has 0 bridgehead atoms. The van der Waals surface area contributed by atoms with Crippen molar-refractivity contribution in [3.63, 3.8) is 0 Å². The molecule has 140 valence electrons. The van der Waals surface area contributed by atoms with Gasteiger partial charge < -0.3 is 0 Å². The number of unbranched alkanes of at least 4 members (excludes halogenated alkanes) is 4. The molecular weight excluding hydrogens is 391 g/mol. The summed E-state index contributed by atoms with van der Waals surface area (Å²) in [6, 6.07) is 0. The van der Waals surface area contributed by atoms with Crippen LogP contribution in [0.3, 0.4) is 0 Å². The molecule has 0 saturated heterocycles. The van der Waals surface area contributed by atoms with Crippen LogP contribution in [0.25, 0.3) is 0 Å². The predicted octanol–water partition coefficient (Wildman–Crippen LogP) is 6.93. The minimum atomic E-state index is -2.71. The van der Waals surface area contributed by atoms with Gasteiger partial charge in [-0.15, -0.1) is 0 Å². The quantitative estimate of drug-likeness (QED) is 0.193. The zero-order valence-corrected chi connectivity index (χ0v) is 19.8. The van der Waals surface area contributed by atoms with Crippen LogP contribution in [0.1, 0.15) is 92.9 Å². The number of hydrogen-bond donors (Lipinski definition) is 0. The van der Waals surface area contributed by atoms with Gasteiger partial charge in [0.05, 0.1) is 0 Å². The first kappa shape index (κ1) is 23.7. The molecule has 0 aromatic heterocycles. The van der Waals surface area contributed by atoms with Crippen molar-refractivity contribution in [1.82, 2.24) is 0 Å². The summed E-state index contributed by atoms with van der Waals surface area (Å²) in [6.07, 6.45) is 10.4. The minimum absolute atomic E-state index is 0.833. The van der Waals surface area contributed by atoms with Crippen LogP contribution in [0, 0.1) is 11.8 Å². The molecule has 0 N–H and O–H groups in total. The fourth-order valence-corrected chi connectivity index (χ4v) is 9.82. The molecule has 0 atom stereocenters. The maximum absolute atomic E-state index is 6.37.